The highest BCUT2D eigenvalue weighted by Crippen LogP contribution is 2.25. The van der Waals surface area contributed by atoms with Crippen LogP contribution in [0.25, 0.3) is 0 Å². The van der Waals surface area contributed by atoms with Gasteiger partial charge in [0.15, 0.2) is 0 Å². The van der Waals surface area contributed by atoms with Crippen LogP contribution in [0.1, 0.15) is 12.0 Å². The predicted molar refractivity (Wildman–Crippen MR) is 100 cm³/mol. The van der Waals surface area contributed by atoms with Gasteiger partial charge in [0, 0.05) is 17.4 Å². The number of benzene rings is 2. The molecule has 0 aliphatic rings. The first-order valence-electron chi connectivity index (χ1n) is 7.51. The second-order valence-electron chi connectivity index (χ2n) is 5.35. The van der Waals surface area contributed by atoms with Crippen LogP contribution in [0.15, 0.2) is 51.8 Å². The maximum Gasteiger partial charge on any atom is 0.240 e. The van der Waals surface area contributed by atoms with E-state index in [1.54, 1.807) is 24.3 Å². The largest absolute Gasteiger partial charge is 0.495 e. The summed E-state index contributed by atoms with van der Waals surface area (Å²) < 4.78 is 32.7. The minimum Gasteiger partial charge on any atom is -0.495 e. The van der Waals surface area contributed by atoms with Crippen molar-refractivity contribution in [2.45, 2.75) is 18.2 Å². The first-order chi connectivity index (χ1) is 11.8. The maximum absolute atomic E-state index is 12.2. The van der Waals surface area contributed by atoms with Gasteiger partial charge in [0.2, 0.25) is 15.9 Å². The molecule has 6 nitrogen and oxygen atoms in total. The smallest absolute Gasteiger partial charge is 0.240 e. The predicted octanol–water partition coefficient (Wildman–Crippen LogP) is 3.07. The molecule has 25 heavy (non-hydrogen) atoms. The summed E-state index contributed by atoms with van der Waals surface area (Å²) in [6.07, 6.45) is 0.00680. The van der Waals surface area contributed by atoms with Crippen LogP contribution < -0.4 is 14.8 Å². The molecule has 0 heterocycles. The number of amides is 1. The minimum atomic E-state index is -3.64. The van der Waals surface area contributed by atoms with E-state index >= 15 is 0 Å². The van der Waals surface area contributed by atoms with Gasteiger partial charge in [-0.25, -0.2) is 13.1 Å². The molecule has 2 rings (SSSR count). The van der Waals surface area contributed by atoms with Crippen LogP contribution in [-0.2, 0) is 14.8 Å². The Labute approximate surface area is 155 Å². The number of halogens is 1. The van der Waals surface area contributed by atoms with Gasteiger partial charge in [0.1, 0.15) is 5.75 Å². The lowest BCUT2D eigenvalue weighted by Crippen LogP contribution is -2.27. The van der Waals surface area contributed by atoms with E-state index < -0.39 is 10.0 Å². The second kappa shape index (κ2) is 8.46. The van der Waals surface area contributed by atoms with Crippen molar-refractivity contribution in [3.05, 3.63) is 52.5 Å². The molecule has 0 fully saturated rings. The van der Waals surface area contributed by atoms with Gasteiger partial charge in [0.25, 0.3) is 0 Å². The molecule has 0 aromatic heterocycles. The Balaban J connectivity index is 1.92. The summed E-state index contributed by atoms with van der Waals surface area (Å²) in [5, 5.41) is 2.73. The number of nitrogens with one attached hydrogen (secondary N) is 2. The molecule has 0 saturated carbocycles. The monoisotopic (exact) mass is 426 g/mol. The maximum atomic E-state index is 12.2. The number of aryl methyl sites for hydroxylation is 1. The van der Waals surface area contributed by atoms with Crippen molar-refractivity contribution in [1.29, 1.82) is 0 Å². The average molecular weight is 427 g/mol. The summed E-state index contributed by atoms with van der Waals surface area (Å²) in [5.74, 6) is 0.247. The molecule has 0 unspecified atom stereocenters. The topological polar surface area (TPSA) is 84.5 Å². The van der Waals surface area contributed by atoms with E-state index in [2.05, 4.69) is 26.0 Å². The van der Waals surface area contributed by atoms with Crippen molar-refractivity contribution in [3.63, 3.8) is 0 Å². The molecular weight excluding hydrogens is 408 g/mol. The number of methoxy groups -OCH3 is 1. The van der Waals surface area contributed by atoms with Gasteiger partial charge in [-0.05, 0) is 48.9 Å². The van der Waals surface area contributed by atoms with E-state index in [9.17, 15) is 13.2 Å². The average Bonchev–Trinajstić information content (AvgIpc) is 2.55. The fourth-order valence-electron chi connectivity index (χ4n) is 2.13. The van der Waals surface area contributed by atoms with Crippen LogP contribution >= 0.6 is 15.9 Å². The highest BCUT2D eigenvalue weighted by Gasteiger charge is 2.14. The number of carbonyl (C=O) groups excluding carboxylic acids is 1. The van der Waals surface area contributed by atoms with Gasteiger partial charge in [-0.2, -0.15) is 0 Å². The lowest BCUT2D eigenvalue weighted by atomic mass is 10.2. The molecule has 0 saturated heterocycles. The Morgan fingerprint density at radius 3 is 2.48 bits per heavy atom. The van der Waals surface area contributed by atoms with Crippen molar-refractivity contribution in [1.82, 2.24) is 4.72 Å². The highest BCUT2D eigenvalue weighted by molar-refractivity contribution is 9.10. The molecule has 0 aliphatic carbocycles. The molecule has 0 bridgehead atoms. The number of hydrogen-bond donors (Lipinski definition) is 2. The number of carbonyl (C=O) groups is 1. The molecule has 0 spiro atoms. The molecule has 1 amide bonds. The minimum absolute atomic E-state index is 0.00163. The Bertz CT molecular complexity index is 851. The molecule has 8 heteroatoms. The molecule has 2 aromatic rings. The lowest BCUT2D eigenvalue weighted by Gasteiger charge is -2.11. The van der Waals surface area contributed by atoms with Crippen LogP contribution in [0.5, 0.6) is 5.75 Å². The third kappa shape index (κ3) is 5.55. The van der Waals surface area contributed by atoms with Crippen molar-refractivity contribution >= 4 is 37.5 Å². The standard InChI is InChI=1S/C17H19BrN2O4S/c1-12-3-8-16(24-2)15(11-12)20-17(21)9-10-19-25(22,23)14-6-4-13(18)5-7-14/h3-8,11,19H,9-10H2,1-2H3,(H,20,21). The van der Waals surface area contributed by atoms with Crippen molar-refractivity contribution in [3.8, 4) is 5.75 Å². The summed E-state index contributed by atoms with van der Waals surface area (Å²) in [6, 6.07) is 11.7. The van der Waals surface area contributed by atoms with Gasteiger partial charge in [0.05, 0.1) is 17.7 Å². The third-order valence-electron chi connectivity index (χ3n) is 3.40. The summed E-state index contributed by atoms with van der Waals surface area (Å²) >= 11 is 3.25. The van der Waals surface area contributed by atoms with Crippen molar-refractivity contribution < 1.29 is 17.9 Å². The third-order valence-corrected chi connectivity index (χ3v) is 5.40. The summed E-state index contributed by atoms with van der Waals surface area (Å²) in [4.78, 5) is 12.2. The Hall–Kier alpha value is -1.90. The number of sulfonamides is 1. The highest BCUT2D eigenvalue weighted by atomic mass is 79.9. The normalized spacial score (nSPS) is 11.2. The van der Waals surface area contributed by atoms with Gasteiger partial charge in [-0.1, -0.05) is 22.0 Å². The van der Waals surface area contributed by atoms with E-state index in [4.69, 9.17) is 4.74 Å². The summed E-state index contributed by atoms with van der Waals surface area (Å²) in [5.41, 5.74) is 1.54. The molecule has 0 aliphatic heterocycles. The number of rotatable bonds is 7. The molecule has 2 N–H and O–H groups in total. The first-order valence-corrected chi connectivity index (χ1v) is 9.79. The number of anilines is 1. The SMILES string of the molecule is COc1ccc(C)cc1NC(=O)CCNS(=O)(=O)c1ccc(Br)cc1. The fourth-order valence-corrected chi connectivity index (χ4v) is 3.42. The van der Waals surface area contributed by atoms with Crippen molar-refractivity contribution in [2.75, 3.05) is 19.0 Å². The quantitative estimate of drug-likeness (QED) is 0.712. The van der Waals surface area contributed by atoms with E-state index in [0.29, 0.717) is 11.4 Å². The van der Waals surface area contributed by atoms with E-state index in [-0.39, 0.29) is 23.8 Å². The Morgan fingerprint density at radius 1 is 1.16 bits per heavy atom. The molecule has 2 aromatic carbocycles. The summed E-state index contributed by atoms with van der Waals surface area (Å²) in [6.45, 7) is 1.90. The Kier molecular flexibility index (Phi) is 6.57. The van der Waals surface area contributed by atoms with E-state index in [1.807, 2.05) is 13.0 Å². The van der Waals surface area contributed by atoms with Crippen molar-refractivity contribution in [2.24, 2.45) is 0 Å². The number of hydrogen-bond acceptors (Lipinski definition) is 4. The zero-order chi connectivity index (χ0) is 18.4. The van der Waals surface area contributed by atoms with Crippen LogP contribution in [-0.4, -0.2) is 28.0 Å². The summed E-state index contributed by atoms with van der Waals surface area (Å²) in [7, 11) is -2.12. The molecular formula is C17H19BrN2O4S. The molecule has 0 radical (unpaired) electrons. The fraction of sp³-hybridized carbons (Fsp3) is 0.235. The first kappa shape index (κ1) is 19.4. The molecule has 134 valence electrons. The molecule has 0 atom stereocenters. The lowest BCUT2D eigenvalue weighted by molar-refractivity contribution is -0.116. The zero-order valence-electron chi connectivity index (χ0n) is 13.9. The van der Waals surface area contributed by atoms with Crippen LogP contribution in [0.3, 0.4) is 0 Å². The Morgan fingerprint density at radius 2 is 1.84 bits per heavy atom. The van der Waals surface area contributed by atoms with Gasteiger partial charge >= 0.3 is 0 Å². The van der Waals surface area contributed by atoms with E-state index in [1.165, 1.54) is 19.2 Å². The van der Waals surface area contributed by atoms with Gasteiger partial charge in [-0.15, -0.1) is 0 Å². The van der Waals surface area contributed by atoms with Gasteiger partial charge in [-0.3, -0.25) is 4.79 Å². The zero-order valence-corrected chi connectivity index (χ0v) is 16.3. The van der Waals surface area contributed by atoms with E-state index in [0.717, 1.165) is 10.0 Å². The van der Waals surface area contributed by atoms with Gasteiger partial charge < -0.3 is 10.1 Å². The van der Waals surface area contributed by atoms with Crippen LogP contribution in [0.2, 0.25) is 0 Å². The van der Waals surface area contributed by atoms with Crippen LogP contribution in [0, 0.1) is 6.92 Å². The van der Waals surface area contributed by atoms with Crippen LogP contribution in [0.4, 0.5) is 5.69 Å². The second-order valence-corrected chi connectivity index (χ2v) is 8.04. The number of ether oxygens (including phenoxy) is 1.